The van der Waals surface area contributed by atoms with Gasteiger partial charge in [0.2, 0.25) is 21.8 Å². The van der Waals surface area contributed by atoms with E-state index >= 15 is 0 Å². The zero-order valence-electron chi connectivity index (χ0n) is 16.8. The van der Waals surface area contributed by atoms with Crippen molar-refractivity contribution in [3.05, 3.63) is 23.8 Å². The van der Waals surface area contributed by atoms with Gasteiger partial charge in [0.1, 0.15) is 6.04 Å². The number of benzene rings is 1. The maximum absolute atomic E-state index is 13.0. The quantitative estimate of drug-likeness (QED) is 0.782. The van der Waals surface area contributed by atoms with Gasteiger partial charge in [0.05, 0.1) is 9.77 Å². The number of carbonyl (C=O) groups is 2. The first-order valence-electron chi connectivity index (χ1n) is 10.1. The highest BCUT2D eigenvalue weighted by Crippen LogP contribution is 2.47. The first-order valence-corrected chi connectivity index (χ1v) is 12.5. The van der Waals surface area contributed by atoms with Gasteiger partial charge < -0.3 is 10.2 Å². The number of thioether (sulfide) groups is 1. The summed E-state index contributed by atoms with van der Waals surface area (Å²) in [6, 6.07) is 4.34. The topological polar surface area (TPSA) is 86.8 Å². The molecule has 0 spiro atoms. The lowest BCUT2D eigenvalue weighted by atomic mass is 10.1. The monoisotopic (exact) mass is 437 g/mol. The van der Waals surface area contributed by atoms with E-state index in [4.69, 9.17) is 0 Å². The molecular formula is C20H27N3O4S2. The molecule has 1 N–H and O–H groups in total. The minimum absolute atomic E-state index is 0.01000. The van der Waals surface area contributed by atoms with E-state index in [9.17, 15) is 18.0 Å². The number of carbonyl (C=O) groups excluding carboxylic acids is 2. The summed E-state index contributed by atoms with van der Waals surface area (Å²) in [5.74, 6) is 0.307. The highest BCUT2D eigenvalue weighted by Gasteiger charge is 2.52. The number of hydrogen-bond donors (Lipinski definition) is 1. The van der Waals surface area contributed by atoms with Crippen LogP contribution in [0.15, 0.2) is 23.1 Å². The highest BCUT2D eigenvalue weighted by molar-refractivity contribution is 8.01. The van der Waals surface area contributed by atoms with Gasteiger partial charge in [-0.1, -0.05) is 12.5 Å². The van der Waals surface area contributed by atoms with E-state index in [1.54, 1.807) is 34.9 Å². The molecule has 1 aromatic rings. The predicted octanol–water partition coefficient (Wildman–Crippen LogP) is 2.56. The van der Waals surface area contributed by atoms with Crippen LogP contribution in [0.2, 0.25) is 0 Å². The van der Waals surface area contributed by atoms with Gasteiger partial charge in [-0.05, 0) is 50.8 Å². The van der Waals surface area contributed by atoms with Gasteiger partial charge >= 0.3 is 0 Å². The van der Waals surface area contributed by atoms with E-state index in [0.29, 0.717) is 31.0 Å². The Morgan fingerprint density at radius 1 is 1.24 bits per heavy atom. The second kappa shape index (κ2) is 7.59. The van der Waals surface area contributed by atoms with Crippen molar-refractivity contribution < 1.29 is 18.0 Å². The number of piperidine rings is 1. The van der Waals surface area contributed by atoms with Crippen LogP contribution >= 0.6 is 11.8 Å². The lowest BCUT2D eigenvalue weighted by Crippen LogP contribution is -2.48. The molecule has 0 aliphatic carbocycles. The van der Waals surface area contributed by atoms with Crippen LogP contribution in [0, 0.1) is 6.92 Å². The molecule has 158 valence electrons. The van der Waals surface area contributed by atoms with Crippen LogP contribution in [0.5, 0.6) is 0 Å². The lowest BCUT2D eigenvalue weighted by Gasteiger charge is -2.30. The van der Waals surface area contributed by atoms with Gasteiger partial charge in [-0.25, -0.2) is 8.42 Å². The molecule has 3 aliphatic rings. The van der Waals surface area contributed by atoms with Crippen molar-refractivity contribution in [1.29, 1.82) is 0 Å². The van der Waals surface area contributed by atoms with Gasteiger partial charge in [0.15, 0.2) is 0 Å². The van der Waals surface area contributed by atoms with E-state index in [2.05, 4.69) is 5.32 Å². The number of anilines is 1. The third-order valence-corrected chi connectivity index (χ3v) is 9.57. The maximum Gasteiger partial charge on any atom is 0.248 e. The number of fused-ring (bicyclic) bond motifs is 1. The van der Waals surface area contributed by atoms with Crippen LogP contribution in [0.4, 0.5) is 5.69 Å². The van der Waals surface area contributed by atoms with Gasteiger partial charge in [0.25, 0.3) is 0 Å². The average Bonchev–Trinajstić information content (AvgIpc) is 3.20. The molecule has 3 aliphatic heterocycles. The Hall–Kier alpha value is -1.58. The summed E-state index contributed by atoms with van der Waals surface area (Å²) in [6.07, 6.45) is 4.01. The molecule has 9 heteroatoms. The number of nitrogens with one attached hydrogen (secondary N) is 1. The van der Waals surface area contributed by atoms with Gasteiger partial charge in [-0.2, -0.15) is 4.31 Å². The normalized spacial score (nSPS) is 27.9. The summed E-state index contributed by atoms with van der Waals surface area (Å²) in [5.41, 5.74) is 1.27. The molecule has 3 saturated heterocycles. The minimum Gasteiger partial charge on any atom is -0.324 e. The summed E-state index contributed by atoms with van der Waals surface area (Å²) >= 11 is 1.64. The van der Waals surface area contributed by atoms with Crippen LogP contribution in [-0.4, -0.2) is 59.2 Å². The molecule has 1 aromatic carbocycles. The van der Waals surface area contributed by atoms with E-state index in [0.717, 1.165) is 31.2 Å². The SMILES string of the molecule is Cc1ccc(S(=O)(=O)N2CCCCC2)cc1NC(=O)[C@@H]1CS[C@]2(C)CCC(=O)N12. The Morgan fingerprint density at radius 2 is 1.97 bits per heavy atom. The number of amides is 2. The first-order chi connectivity index (χ1) is 13.7. The van der Waals surface area contributed by atoms with Crippen LogP contribution in [-0.2, 0) is 19.6 Å². The molecule has 0 radical (unpaired) electrons. The van der Waals surface area contributed by atoms with Crippen molar-refractivity contribution in [1.82, 2.24) is 9.21 Å². The summed E-state index contributed by atoms with van der Waals surface area (Å²) < 4.78 is 27.5. The molecular weight excluding hydrogens is 410 g/mol. The van der Waals surface area contributed by atoms with Crippen molar-refractivity contribution in [2.45, 2.75) is 61.8 Å². The molecule has 0 unspecified atom stereocenters. The maximum atomic E-state index is 13.0. The van der Waals surface area contributed by atoms with Crippen molar-refractivity contribution in [3.63, 3.8) is 0 Å². The Kier molecular flexibility index (Phi) is 5.41. The third kappa shape index (κ3) is 3.68. The molecule has 2 amide bonds. The first kappa shape index (κ1) is 20.7. The Labute approximate surface area is 176 Å². The van der Waals surface area contributed by atoms with Gasteiger partial charge in [0, 0.05) is 31.0 Å². The molecule has 4 rings (SSSR count). The number of sulfonamides is 1. The zero-order chi connectivity index (χ0) is 20.8. The van der Waals surface area contributed by atoms with Gasteiger partial charge in [-0.3, -0.25) is 9.59 Å². The molecule has 29 heavy (non-hydrogen) atoms. The number of hydrogen-bond acceptors (Lipinski definition) is 5. The average molecular weight is 438 g/mol. The lowest BCUT2D eigenvalue weighted by molar-refractivity contribution is -0.135. The standard InChI is InChI=1S/C20H27N3O4S2/c1-14-6-7-15(29(26,27)22-10-4-3-5-11-22)12-16(14)21-19(25)17-13-28-20(2)9-8-18(24)23(17)20/h6-7,12,17H,3-5,8-11,13H2,1-2H3,(H,21,25)/t17-,20+/m0/s1. The molecule has 2 atom stereocenters. The number of rotatable bonds is 4. The fraction of sp³-hybridized carbons (Fsp3) is 0.600. The third-order valence-electron chi connectivity index (χ3n) is 6.17. The van der Waals surface area contributed by atoms with Crippen molar-refractivity contribution >= 4 is 39.3 Å². The fourth-order valence-electron chi connectivity index (χ4n) is 4.38. The highest BCUT2D eigenvalue weighted by atomic mass is 32.2. The molecule has 7 nitrogen and oxygen atoms in total. The zero-order valence-corrected chi connectivity index (χ0v) is 18.4. The number of nitrogens with zero attached hydrogens (tertiary/aromatic N) is 2. The van der Waals surface area contributed by atoms with E-state index in [1.165, 1.54) is 4.31 Å². The van der Waals surface area contributed by atoms with Crippen molar-refractivity contribution in [3.8, 4) is 0 Å². The van der Waals surface area contributed by atoms with Crippen LogP contribution < -0.4 is 5.32 Å². The second-order valence-corrected chi connectivity index (χ2v) is 11.6. The Morgan fingerprint density at radius 3 is 2.69 bits per heavy atom. The smallest absolute Gasteiger partial charge is 0.248 e. The Bertz CT molecular complexity index is 943. The molecule has 0 bridgehead atoms. The van der Waals surface area contributed by atoms with E-state index in [-0.39, 0.29) is 21.6 Å². The Balaban J connectivity index is 1.56. The predicted molar refractivity (Wildman–Crippen MR) is 113 cm³/mol. The molecule has 3 fully saturated rings. The van der Waals surface area contributed by atoms with E-state index in [1.807, 2.05) is 13.8 Å². The van der Waals surface area contributed by atoms with Crippen LogP contribution in [0.1, 0.15) is 44.6 Å². The van der Waals surface area contributed by atoms with Crippen molar-refractivity contribution in [2.75, 3.05) is 24.2 Å². The number of aryl methyl sites for hydroxylation is 1. The molecule has 0 aromatic heterocycles. The summed E-state index contributed by atoms with van der Waals surface area (Å²) in [7, 11) is -3.58. The van der Waals surface area contributed by atoms with Crippen LogP contribution in [0.3, 0.4) is 0 Å². The second-order valence-electron chi connectivity index (χ2n) is 8.20. The fourth-order valence-corrected chi connectivity index (χ4v) is 7.36. The minimum atomic E-state index is -3.58. The summed E-state index contributed by atoms with van der Waals surface area (Å²) in [5, 5.41) is 2.89. The largest absolute Gasteiger partial charge is 0.324 e. The summed E-state index contributed by atoms with van der Waals surface area (Å²) in [6.45, 7) is 4.91. The van der Waals surface area contributed by atoms with Crippen LogP contribution in [0.25, 0.3) is 0 Å². The summed E-state index contributed by atoms with van der Waals surface area (Å²) in [4.78, 5) is 26.9. The van der Waals surface area contributed by atoms with Gasteiger partial charge in [-0.15, -0.1) is 11.8 Å². The van der Waals surface area contributed by atoms with E-state index < -0.39 is 16.1 Å². The molecule has 3 heterocycles. The van der Waals surface area contributed by atoms with Crippen molar-refractivity contribution in [2.24, 2.45) is 0 Å². The molecule has 0 saturated carbocycles.